The molecule has 1 aromatic heterocycles. The Labute approximate surface area is 106 Å². The van der Waals surface area contributed by atoms with Crippen molar-refractivity contribution in [3.05, 3.63) is 66.9 Å². The monoisotopic (exact) mass is 268 g/mol. The van der Waals surface area contributed by atoms with Crippen LogP contribution in [0.2, 0.25) is 5.02 Å². The number of hydrogen-bond acceptors (Lipinski definition) is 2. The van der Waals surface area contributed by atoms with Gasteiger partial charge < -0.3 is 5.10 Å². The second-order valence-electron chi connectivity index (χ2n) is 3.85. The van der Waals surface area contributed by atoms with Gasteiger partial charge in [-0.15, -0.1) is 0 Å². The van der Waals surface area contributed by atoms with Crippen molar-refractivity contribution >= 4 is 11.6 Å². The lowest BCUT2D eigenvalue weighted by molar-refractivity contribution is 0.627. The third-order valence-corrected chi connectivity index (χ3v) is 2.90. The van der Waals surface area contributed by atoms with Crippen LogP contribution in [-0.2, 0) is 12.8 Å². The van der Waals surface area contributed by atoms with Crippen LogP contribution in [0.5, 0.6) is 0 Å². The summed E-state index contributed by atoms with van der Waals surface area (Å²) in [5, 5.41) is 5.21. The molecule has 2 rings (SSSR count). The number of H-pyrrole nitrogens is 2. The van der Waals surface area contributed by atoms with E-state index in [1.54, 1.807) is 6.07 Å². The van der Waals surface area contributed by atoms with Crippen molar-refractivity contribution in [2.24, 2.45) is 0 Å². The Balaban J connectivity index is 2.13. The third-order valence-electron chi connectivity index (χ3n) is 2.54. The summed E-state index contributed by atoms with van der Waals surface area (Å²) in [5.41, 5.74) is 0.109. The largest absolute Gasteiger partial charge is 0.310 e. The Bertz CT molecular complexity index is 678. The first-order valence-corrected chi connectivity index (χ1v) is 5.69. The molecule has 0 saturated heterocycles. The summed E-state index contributed by atoms with van der Waals surface area (Å²) in [5.74, 6) is -0.388. The van der Waals surface area contributed by atoms with E-state index in [-0.39, 0.29) is 5.82 Å². The van der Waals surface area contributed by atoms with Crippen molar-refractivity contribution in [2.75, 3.05) is 0 Å². The van der Waals surface area contributed by atoms with Gasteiger partial charge in [0.1, 0.15) is 5.82 Å². The number of halogens is 2. The highest BCUT2D eigenvalue weighted by Crippen LogP contribution is 2.18. The molecule has 0 aliphatic carbocycles. The Morgan fingerprint density at radius 1 is 1.11 bits per heavy atom. The molecule has 6 heteroatoms. The van der Waals surface area contributed by atoms with E-state index in [1.165, 1.54) is 18.2 Å². The van der Waals surface area contributed by atoms with Gasteiger partial charge in [0.2, 0.25) is 5.43 Å². The van der Waals surface area contributed by atoms with Crippen LogP contribution >= 0.6 is 11.6 Å². The van der Waals surface area contributed by atoms with Crippen molar-refractivity contribution in [1.82, 2.24) is 10.2 Å². The maximum absolute atomic E-state index is 12.8. The molecule has 2 aromatic rings. The first kappa shape index (κ1) is 12.6. The first-order valence-electron chi connectivity index (χ1n) is 5.31. The van der Waals surface area contributed by atoms with Gasteiger partial charge in [-0.1, -0.05) is 17.7 Å². The van der Waals surface area contributed by atoms with Crippen LogP contribution in [0.25, 0.3) is 0 Å². The maximum Gasteiger partial charge on any atom is 0.310 e. The molecule has 0 radical (unpaired) electrons. The van der Waals surface area contributed by atoms with Gasteiger partial charge in [0.05, 0.1) is 0 Å². The molecule has 0 bridgehead atoms. The van der Waals surface area contributed by atoms with Gasteiger partial charge in [0, 0.05) is 16.8 Å². The predicted octanol–water partition coefficient (Wildman–Crippen LogP) is 1.64. The van der Waals surface area contributed by atoms with Gasteiger partial charge in [-0.05, 0) is 30.5 Å². The van der Waals surface area contributed by atoms with Crippen molar-refractivity contribution in [3.63, 3.8) is 0 Å². The second kappa shape index (κ2) is 5.18. The standard InChI is InChI=1S/C12H10ClFN2O2/c13-10-5-8(14)3-1-7(10)2-4-9-6-11(17)12(18)16-15-9/h1,3,5-6H,2,4H2,(H,15,17)(H,16,18). The summed E-state index contributed by atoms with van der Waals surface area (Å²) < 4.78 is 12.8. The average Bonchev–Trinajstić information content (AvgIpc) is 2.32. The van der Waals surface area contributed by atoms with E-state index in [1.807, 2.05) is 0 Å². The molecule has 1 heterocycles. The summed E-state index contributed by atoms with van der Waals surface area (Å²) in [6, 6.07) is 5.42. The lowest BCUT2D eigenvalue weighted by atomic mass is 10.1. The van der Waals surface area contributed by atoms with E-state index in [0.29, 0.717) is 23.6 Å². The minimum Gasteiger partial charge on any atom is -0.302 e. The van der Waals surface area contributed by atoms with Crippen LogP contribution in [-0.4, -0.2) is 10.2 Å². The Morgan fingerprint density at radius 2 is 1.89 bits per heavy atom. The molecular weight excluding hydrogens is 259 g/mol. The van der Waals surface area contributed by atoms with E-state index < -0.39 is 11.0 Å². The Morgan fingerprint density at radius 3 is 2.56 bits per heavy atom. The molecule has 94 valence electrons. The zero-order valence-corrected chi connectivity index (χ0v) is 10.1. The minimum absolute atomic E-state index is 0.349. The number of benzene rings is 1. The zero-order valence-electron chi connectivity index (χ0n) is 9.30. The minimum atomic E-state index is -0.682. The van der Waals surface area contributed by atoms with Crippen molar-refractivity contribution in [1.29, 1.82) is 0 Å². The molecule has 0 spiro atoms. The summed E-state index contributed by atoms with van der Waals surface area (Å²) >= 11 is 5.88. The lowest BCUT2D eigenvalue weighted by Gasteiger charge is -2.04. The van der Waals surface area contributed by atoms with E-state index in [9.17, 15) is 14.0 Å². The van der Waals surface area contributed by atoms with Gasteiger partial charge in [0.25, 0.3) is 0 Å². The molecule has 0 unspecified atom stereocenters. The number of hydrogen-bond donors (Lipinski definition) is 2. The predicted molar refractivity (Wildman–Crippen MR) is 66.5 cm³/mol. The van der Waals surface area contributed by atoms with Crippen LogP contribution in [0.1, 0.15) is 11.3 Å². The molecule has 0 atom stereocenters. The normalized spacial score (nSPS) is 10.6. The van der Waals surface area contributed by atoms with E-state index >= 15 is 0 Å². The van der Waals surface area contributed by atoms with E-state index in [2.05, 4.69) is 10.2 Å². The fraction of sp³-hybridized carbons (Fsp3) is 0.167. The van der Waals surface area contributed by atoms with Crippen LogP contribution in [0.3, 0.4) is 0 Å². The van der Waals surface area contributed by atoms with E-state index in [4.69, 9.17) is 11.6 Å². The smallest absolute Gasteiger partial charge is 0.302 e. The third kappa shape index (κ3) is 2.87. The first-order chi connectivity index (χ1) is 8.56. The highest BCUT2D eigenvalue weighted by Gasteiger charge is 2.04. The van der Waals surface area contributed by atoms with Gasteiger partial charge >= 0.3 is 5.56 Å². The van der Waals surface area contributed by atoms with Crippen LogP contribution in [0.15, 0.2) is 33.9 Å². The molecule has 1 aromatic carbocycles. The molecular formula is C12H10ClFN2O2. The second-order valence-corrected chi connectivity index (χ2v) is 4.26. The summed E-state index contributed by atoms with van der Waals surface area (Å²) in [6.45, 7) is 0. The molecule has 0 fully saturated rings. The lowest BCUT2D eigenvalue weighted by Crippen LogP contribution is -2.27. The highest BCUT2D eigenvalue weighted by atomic mass is 35.5. The molecule has 0 amide bonds. The SMILES string of the molecule is O=c1cc(CCc2ccc(F)cc2Cl)[nH][nH]c1=O. The molecule has 0 aliphatic rings. The van der Waals surface area contributed by atoms with Gasteiger partial charge in [-0.3, -0.25) is 14.7 Å². The van der Waals surface area contributed by atoms with E-state index in [0.717, 1.165) is 5.56 Å². The fourth-order valence-corrected chi connectivity index (χ4v) is 1.85. The molecule has 0 aliphatic heterocycles. The molecule has 2 N–H and O–H groups in total. The molecule has 4 nitrogen and oxygen atoms in total. The number of rotatable bonds is 3. The number of nitrogens with one attached hydrogen (secondary N) is 2. The highest BCUT2D eigenvalue weighted by molar-refractivity contribution is 6.31. The summed E-state index contributed by atoms with van der Waals surface area (Å²) in [4.78, 5) is 22.0. The molecule has 0 saturated carbocycles. The summed E-state index contributed by atoms with van der Waals surface area (Å²) in [7, 11) is 0. The van der Waals surface area contributed by atoms with Crippen molar-refractivity contribution in [3.8, 4) is 0 Å². The molecule has 18 heavy (non-hydrogen) atoms. The van der Waals surface area contributed by atoms with Crippen LogP contribution in [0, 0.1) is 5.82 Å². The Hall–Kier alpha value is -1.88. The zero-order chi connectivity index (χ0) is 13.1. The van der Waals surface area contributed by atoms with Crippen molar-refractivity contribution < 1.29 is 4.39 Å². The quantitative estimate of drug-likeness (QED) is 0.831. The number of aryl methyl sites for hydroxylation is 2. The average molecular weight is 269 g/mol. The van der Waals surface area contributed by atoms with Gasteiger partial charge in [0.15, 0.2) is 0 Å². The number of aromatic amines is 2. The topological polar surface area (TPSA) is 65.7 Å². The van der Waals surface area contributed by atoms with Crippen LogP contribution < -0.4 is 11.0 Å². The van der Waals surface area contributed by atoms with Gasteiger partial charge in [-0.25, -0.2) is 4.39 Å². The summed E-state index contributed by atoms with van der Waals surface area (Å²) in [6.07, 6.45) is 1.04. The Kier molecular flexibility index (Phi) is 3.62. The van der Waals surface area contributed by atoms with Crippen molar-refractivity contribution in [2.45, 2.75) is 12.8 Å². The maximum atomic E-state index is 12.8. The number of aromatic nitrogens is 2. The van der Waals surface area contributed by atoms with Crippen LogP contribution in [0.4, 0.5) is 4.39 Å². The fourth-order valence-electron chi connectivity index (χ4n) is 1.59. The van der Waals surface area contributed by atoms with Gasteiger partial charge in [-0.2, -0.15) is 0 Å².